The van der Waals surface area contributed by atoms with Crippen molar-refractivity contribution in [2.75, 3.05) is 0 Å². The third-order valence-corrected chi connectivity index (χ3v) is 3.08. The van der Waals surface area contributed by atoms with Gasteiger partial charge in [0.1, 0.15) is 4.60 Å². The van der Waals surface area contributed by atoms with Crippen molar-refractivity contribution < 1.29 is 0 Å². The number of hydrogen-bond donors (Lipinski definition) is 0. The molecule has 0 saturated carbocycles. The van der Waals surface area contributed by atoms with Crippen LogP contribution in [0.3, 0.4) is 0 Å². The molecule has 0 N–H and O–H groups in total. The number of halogens is 1. The van der Waals surface area contributed by atoms with Crippen molar-refractivity contribution in [3.05, 3.63) is 59.3 Å². The van der Waals surface area contributed by atoms with E-state index in [0.29, 0.717) is 0 Å². The van der Waals surface area contributed by atoms with Gasteiger partial charge in [0, 0.05) is 17.1 Å². The number of benzene rings is 1. The maximum atomic E-state index is 4.48. The van der Waals surface area contributed by atoms with E-state index in [1.165, 1.54) is 0 Å². The molecule has 3 rings (SSSR count). The predicted octanol–water partition coefficient (Wildman–Crippen LogP) is 4.06. The Labute approximate surface area is 107 Å². The largest absolute Gasteiger partial charge is 0.256 e. The summed E-state index contributed by atoms with van der Waals surface area (Å²) in [7, 11) is 0. The van der Waals surface area contributed by atoms with Crippen LogP contribution in [0.15, 0.2) is 59.3 Å². The summed E-state index contributed by atoms with van der Waals surface area (Å²) in [6.45, 7) is 0. The second kappa shape index (κ2) is 4.26. The van der Waals surface area contributed by atoms with Crippen LogP contribution in [-0.4, -0.2) is 9.97 Å². The van der Waals surface area contributed by atoms with Gasteiger partial charge in [-0.05, 0) is 40.2 Å². The molecular formula is C14H9BrN2. The maximum Gasteiger partial charge on any atom is 0.106 e. The van der Waals surface area contributed by atoms with Gasteiger partial charge in [-0.1, -0.05) is 24.3 Å². The second-order valence-electron chi connectivity index (χ2n) is 3.72. The molecule has 0 aliphatic heterocycles. The summed E-state index contributed by atoms with van der Waals surface area (Å²) in [6.07, 6.45) is 1.81. The molecule has 2 heterocycles. The van der Waals surface area contributed by atoms with Crippen molar-refractivity contribution in [1.29, 1.82) is 0 Å². The Morgan fingerprint density at radius 1 is 0.882 bits per heavy atom. The van der Waals surface area contributed by atoms with Crippen molar-refractivity contribution in [2.45, 2.75) is 0 Å². The average Bonchev–Trinajstić information content (AvgIpc) is 2.38. The summed E-state index contributed by atoms with van der Waals surface area (Å²) in [4.78, 5) is 8.83. The average molecular weight is 285 g/mol. The molecule has 0 amide bonds. The first-order valence-electron chi connectivity index (χ1n) is 5.31. The van der Waals surface area contributed by atoms with Crippen molar-refractivity contribution in [1.82, 2.24) is 9.97 Å². The first-order valence-corrected chi connectivity index (χ1v) is 6.10. The van der Waals surface area contributed by atoms with Crippen molar-refractivity contribution in [3.8, 4) is 11.3 Å². The Kier molecular flexibility index (Phi) is 2.61. The van der Waals surface area contributed by atoms with Gasteiger partial charge in [-0.2, -0.15) is 0 Å². The minimum atomic E-state index is 0.843. The van der Waals surface area contributed by atoms with E-state index in [-0.39, 0.29) is 0 Å². The van der Waals surface area contributed by atoms with Crippen LogP contribution in [-0.2, 0) is 0 Å². The first kappa shape index (κ1) is 10.4. The minimum absolute atomic E-state index is 0.843. The molecule has 2 aromatic heterocycles. The molecule has 0 unspecified atom stereocenters. The topological polar surface area (TPSA) is 25.8 Å². The SMILES string of the molecule is Brc1cccc(-c2cccc3ncccc23)n1. The zero-order valence-corrected chi connectivity index (χ0v) is 10.6. The first-order chi connectivity index (χ1) is 8.34. The summed E-state index contributed by atoms with van der Waals surface area (Å²) >= 11 is 3.40. The van der Waals surface area contributed by atoms with Gasteiger partial charge in [-0.3, -0.25) is 4.98 Å². The molecule has 3 aromatic rings. The number of pyridine rings is 2. The van der Waals surface area contributed by atoms with Crippen molar-refractivity contribution in [3.63, 3.8) is 0 Å². The van der Waals surface area contributed by atoms with Gasteiger partial charge in [0.25, 0.3) is 0 Å². The summed E-state index contributed by atoms with van der Waals surface area (Å²) in [6, 6.07) is 16.0. The predicted molar refractivity (Wildman–Crippen MR) is 72.7 cm³/mol. The summed E-state index contributed by atoms with van der Waals surface area (Å²) < 4.78 is 0.843. The van der Waals surface area contributed by atoms with Crippen LogP contribution >= 0.6 is 15.9 Å². The highest BCUT2D eigenvalue weighted by Gasteiger charge is 2.05. The normalized spacial score (nSPS) is 10.6. The van der Waals surface area contributed by atoms with Crippen LogP contribution in [0.1, 0.15) is 0 Å². The fourth-order valence-electron chi connectivity index (χ4n) is 1.88. The number of nitrogens with zero attached hydrogens (tertiary/aromatic N) is 2. The molecule has 0 aliphatic rings. The molecule has 1 aromatic carbocycles. The van der Waals surface area contributed by atoms with E-state index in [4.69, 9.17) is 0 Å². The van der Waals surface area contributed by atoms with Crippen LogP contribution in [0.5, 0.6) is 0 Å². The Bertz CT molecular complexity index is 674. The van der Waals surface area contributed by atoms with E-state index in [9.17, 15) is 0 Å². The van der Waals surface area contributed by atoms with Gasteiger partial charge in [0.2, 0.25) is 0 Å². The maximum absolute atomic E-state index is 4.48. The van der Waals surface area contributed by atoms with Gasteiger partial charge in [-0.25, -0.2) is 4.98 Å². The molecule has 0 spiro atoms. The van der Waals surface area contributed by atoms with E-state index in [2.05, 4.69) is 38.0 Å². The van der Waals surface area contributed by atoms with Gasteiger partial charge in [0.05, 0.1) is 11.2 Å². The van der Waals surface area contributed by atoms with E-state index in [1.54, 1.807) is 6.20 Å². The molecule has 0 atom stereocenters. The second-order valence-corrected chi connectivity index (χ2v) is 4.53. The van der Waals surface area contributed by atoms with Crippen LogP contribution in [0.2, 0.25) is 0 Å². The molecule has 0 aliphatic carbocycles. The lowest BCUT2D eigenvalue weighted by Crippen LogP contribution is -1.86. The van der Waals surface area contributed by atoms with Crippen LogP contribution < -0.4 is 0 Å². The standard InChI is InChI=1S/C14H9BrN2/c15-14-8-2-7-13(17-14)11-4-1-6-12-10(11)5-3-9-16-12/h1-9H. The van der Waals surface area contributed by atoms with E-state index in [1.807, 2.05) is 36.4 Å². The molecule has 0 saturated heterocycles. The number of rotatable bonds is 1. The van der Waals surface area contributed by atoms with Gasteiger partial charge >= 0.3 is 0 Å². The molecule has 2 nitrogen and oxygen atoms in total. The van der Waals surface area contributed by atoms with E-state index in [0.717, 1.165) is 26.8 Å². The van der Waals surface area contributed by atoms with Gasteiger partial charge < -0.3 is 0 Å². The fourth-order valence-corrected chi connectivity index (χ4v) is 2.23. The summed E-state index contributed by atoms with van der Waals surface area (Å²) in [5.41, 5.74) is 3.06. The van der Waals surface area contributed by atoms with Crippen molar-refractivity contribution >= 4 is 26.8 Å². The number of fused-ring (bicyclic) bond motifs is 1. The molecular weight excluding hydrogens is 276 g/mol. The molecule has 0 bridgehead atoms. The van der Waals surface area contributed by atoms with Crippen molar-refractivity contribution in [2.24, 2.45) is 0 Å². The molecule has 3 heteroatoms. The molecule has 82 valence electrons. The molecule has 0 fully saturated rings. The lowest BCUT2D eigenvalue weighted by molar-refractivity contribution is 1.28. The third kappa shape index (κ3) is 1.94. The summed E-state index contributed by atoms with van der Waals surface area (Å²) in [5, 5.41) is 1.13. The van der Waals surface area contributed by atoms with E-state index >= 15 is 0 Å². The zero-order valence-electron chi connectivity index (χ0n) is 8.97. The Balaban J connectivity index is 2.30. The number of aromatic nitrogens is 2. The number of hydrogen-bond acceptors (Lipinski definition) is 2. The van der Waals surface area contributed by atoms with Crippen LogP contribution in [0, 0.1) is 0 Å². The summed E-state index contributed by atoms with van der Waals surface area (Å²) in [5.74, 6) is 0. The zero-order chi connectivity index (χ0) is 11.7. The highest BCUT2D eigenvalue weighted by Crippen LogP contribution is 2.26. The highest BCUT2D eigenvalue weighted by atomic mass is 79.9. The third-order valence-electron chi connectivity index (χ3n) is 2.64. The van der Waals surface area contributed by atoms with Gasteiger partial charge in [0.15, 0.2) is 0 Å². The van der Waals surface area contributed by atoms with Gasteiger partial charge in [-0.15, -0.1) is 0 Å². The van der Waals surface area contributed by atoms with Crippen LogP contribution in [0.4, 0.5) is 0 Å². The quantitative estimate of drug-likeness (QED) is 0.630. The Hall–Kier alpha value is -1.74. The fraction of sp³-hybridized carbons (Fsp3) is 0. The Morgan fingerprint density at radius 3 is 2.65 bits per heavy atom. The Morgan fingerprint density at radius 2 is 1.76 bits per heavy atom. The lowest BCUT2D eigenvalue weighted by atomic mass is 10.1. The van der Waals surface area contributed by atoms with E-state index < -0.39 is 0 Å². The smallest absolute Gasteiger partial charge is 0.106 e. The molecule has 0 radical (unpaired) electrons. The molecule has 17 heavy (non-hydrogen) atoms. The monoisotopic (exact) mass is 284 g/mol. The minimum Gasteiger partial charge on any atom is -0.256 e. The highest BCUT2D eigenvalue weighted by molar-refractivity contribution is 9.10. The lowest BCUT2D eigenvalue weighted by Gasteiger charge is -2.05. The van der Waals surface area contributed by atoms with Crippen LogP contribution in [0.25, 0.3) is 22.2 Å².